The molecule has 8 heteroatoms. The highest BCUT2D eigenvalue weighted by molar-refractivity contribution is 5.90. The van der Waals surface area contributed by atoms with E-state index in [4.69, 9.17) is 5.26 Å². The molecule has 0 aliphatic rings. The number of hydrogen-bond acceptors (Lipinski definition) is 2. The minimum absolute atomic E-state index is 0.213. The number of amides is 2. The minimum Gasteiger partial charge on any atom is -0.334 e. The number of nitrogens with one attached hydrogen (secondary N) is 2. The minimum atomic E-state index is -4.73. The van der Waals surface area contributed by atoms with Crippen molar-refractivity contribution >= 4 is 11.7 Å². The van der Waals surface area contributed by atoms with Gasteiger partial charge < -0.3 is 10.6 Å². The van der Waals surface area contributed by atoms with Gasteiger partial charge in [-0.2, -0.15) is 18.4 Å². The van der Waals surface area contributed by atoms with Gasteiger partial charge in [0.1, 0.15) is 11.9 Å². The van der Waals surface area contributed by atoms with Gasteiger partial charge in [0.05, 0.1) is 16.8 Å². The summed E-state index contributed by atoms with van der Waals surface area (Å²) in [5, 5.41) is 13.5. The predicted molar refractivity (Wildman–Crippen MR) is 78.4 cm³/mol. The van der Waals surface area contributed by atoms with E-state index >= 15 is 0 Å². The van der Waals surface area contributed by atoms with Crippen molar-refractivity contribution < 1.29 is 22.4 Å². The van der Waals surface area contributed by atoms with Crippen LogP contribution in [0.3, 0.4) is 0 Å². The number of benzene rings is 2. The lowest BCUT2D eigenvalue weighted by molar-refractivity contribution is -0.138. The quantitative estimate of drug-likeness (QED) is 0.830. The number of urea groups is 1. The summed E-state index contributed by atoms with van der Waals surface area (Å²) in [5.74, 6) is -1.02. The first-order valence-electron chi connectivity index (χ1n) is 6.71. The number of hydrogen-bond donors (Lipinski definition) is 2. The molecular formula is C16H11F4N3O. The molecule has 2 amide bonds. The fraction of sp³-hybridized carbons (Fsp3) is 0.125. The Morgan fingerprint density at radius 1 is 1.17 bits per heavy atom. The molecule has 0 spiro atoms. The lowest BCUT2D eigenvalue weighted by Gasteiger charge is -2.14. The van der Waals surface area contributed by atoms with Crippen molar-refractivity contribution in [2.75, 3.05) is 5.32 Å². The van der Waals surface area contributed by atoms with Gasteiger partial charge in [-0.25, -0.2) is 9.18 Å². The highest BCUT2D eigenvalue weighted by atomic mass is 19.4. The van der Waals surface area contributed by atoms with Gasteiger partial charge in [-0.1, -0.05) is 18.2 Å². The molecule has 0 atom stereocenters. The fourth-order valence-electron chi connectivity index (χ4n) is 2.00. The van der Waals surface area contributed by atoms with E-state index in [9.17, 15) is 22.4 Å². The molecule has 0 aromatic heterocycles. The summed E-state index contributed by atoms with van der Waals surface area (Å²) in [6.07, 6.45) is -4.73. The van der Waals surface area contributed by atoms with Crippen molar-refractivity contribution in [2.45, 2.75) is 12.7 Å². The third kappa shape index (κ3) is 4.23. The van der Waals surface area contributed by atoms with Gasteiger partial charge in [0.25, 0.3) is 0 Å². The lowest BCUT2D eigenvalue weighted by atomic mass is 10.1. The van der Waals surface area contributed by atoms with E-state index in [2.05, 4.69) is 10.6 Å². The van der Waals surface area contributed by atoms with E-state index < -0.39 is 30.1 Å². The van der Waals surface area contributed by atoms with Crippen LogP contribution in [-0.2, 0) is 12.7 Å². The van der Waals surface area contributed by atoms with Gasteiger partial charge in [0, 0.05) is 6.54 Å². The summed E-state index contributed by atoms with van der Waals surface area (Å²) in [4.78, 5) is 11.8. The van der Waals surface area contributed by atoms with E-state index in [1.54, 1.807) is 12.1 Å². The zero-order chi connectivity index (χ0) is 17.7. The molecule has 0 unspecified atom stereocenters. The molecule has 0 saturated heterocycles. The molecule has 0 fully saturated rings. The molecule has 0 saturated carbocycles. The second-order valence-electron chi connectivity index (χ2n) is 4.76. The summed E-state index contributed by atoms with van der Waals surface area (Å²) in [6, 6.07) is 9.48. The molecule has 0 aliphatic carbocycles. The molecule has 4 nitrogen and oxygen atoms in total. The first-order chi connectivity index (χ1) is 11.3. The Balaban J connectivity index is 2.09. The molecule has 2 aromatic rings. The molecule has 2 rings (SSSR count). The van der Waals surface area contributed by atoms with E-state index in [1.165, 1.54) is 12.1 Å². The van der Waals surface area contributed by atoms with Crippen molar-refractivity contribution in [1.82, 2.24) is 5.32 Å². The zero-order valence-corrected chi connectivity index (χ0v) is 12.1. The van der Waals surface area contributed by atoms with Crippen LogP contribution in [0.4, 0.5) is 28.0 Å². The van der Waals surface area contributed by atoms with E-state index in [-0.39, 0.29) is 16.8 Å². The number of rotatable bonds is 3. The largest absolute Gasteiger partial charge is 0.416 e. The standard InChI is InChI=1S/C16H11F4N3O/c17-12-6-5-11(13(7-12)16(18,19)20)9-22-15(24)23-14-4-2-1-3-10(14)8-21/h1-7H,9H2,(H2,22,23,24). The van der Waals surface area contributed by atoms with Crippen LogP contribution >= 0.6 is 0 Å². The first kappa shape index (κ1) is 17.3. The first-order valence-corrected chi connectivity index (χ1v) is 6.71. The Hall–Kier alpha value is -3.08. The fourth-order valence-corrected chi connectivity index (χ4v) is 2.00. The smallest absolute Gasteiger partial charge is 0.334 e. The second kappa shape index (κ2) is 7.00. The van der Waals surface area contributed by atoms with Crippen molar-refractivity contribution in [1.29, 1.82) is 5.26 Å². The average Bonchev–Trinajstić information content (AvgIpc) is 2.53. The van der Waals surface area contributed by atoms with Crippen LogP contribution in [0.2, 0.25) is 0 Å². The molecule has 0 bridgehead atoms. The van der Waals surface area contributed by atoms with Crippen molar-refractivity contribution in [3.8, 4) is 6.07 Å². The van der Waals surface area contributed by atoms with Crippen LogP contribution in [0, 0.1) is 17.1 Å². The number of halogens is 4. The third-order valence-corrected chi connectivity index (χ3v) is 3.11. The molecule has 0 heterocycles. The number of nitriles is 1. The molecule has 24 heavy (non-hydrogen) atoms. The topological polar surface area (TPSA) is 64.9 Å². The molecular weight excluding hydrogens is 326 g/mol. The number of alkyl halides is 3. The lowest BCUT2D eigenvalue weighted by Crippen LogP contribution is -2.29. The van der Waals surface area contributed by atoms with Crippen molar-refractivity contribution in [3.05, 3.63) is 65.0 Å². The summed E-state index contributed by atoms with van der Waals surface area (Å²) >= 11 is 0. The van der Waals surface area contributed by atoms with Crippen LogP contribution in [0.25, 0.3) is 0 Å². The molecule has 2 N–H and O–H groups in total. The van der Waals surface area contributed by atoms with E-state index in [1.807, 2.05) is 6.07 Å². The van der Waals surface area contributed by atoms with E-state index in [0.29, 0.717) is 6.07 Å². The Kier molecular flexibility index (Phi) is 5.04. The summed E-state index contributed by atoms with van der Waals surface area (Å²) in [6.45, 7) is -0.449. The highest BCUT2D eigenvalue weighted by Gasteiger charge is 2.33. The molecule has 124 valence electrons. The molecule has 0 radical (unpaired) electrons. The van der Waals surface area contributed by atoms with Gasteiger partial charge in [-0.3, -0.25) is 0 Å². The highest BCUT2D eigenvalue weighted by Crippen LogP contribution is 2.32. The van der Waals surface area contributed by atoms with Gasteiger partial charge in [0.15, 0.2) is 0 Å². The van der Waals surface area contributed by atoms with Crippen LogP contribution in [-0.4, -0.2) is 6.03 Å². The maximum absolute atomic E-state index is 13.0. The van der Waals surface area contributed by atoms with Crippen LogP contribution in [0.15, 0.2) is 42.5 Å². The van der Waals surface area contributed by atoms with E-state index in [0.717, 1.165) is 12.1 Å². The maximum Gasteiger partial charge on any atom is 0.416 e. The zero-order valence-electron chi connectivity index (χ0n) is 12.1. The predicted octanol–water partition coefficient (Wildman–Crippen LogP) is 4.04. The molecule has 2 aromatic carbocycles. The Morgan fingerprint density at radius 2 is 1.88 bits per heavy atom. The third-order valence-electron chi connectivity index (χ3n) is 3.11. The Bertz CT molecular complexity index is 797. The summed E-state index contributed by atoms with van der Waals surface area (Å²) in [7, 11) is 0. The van der Waals surface area contributed by atoms with Gasteiger partial charge >= 0.3 is 12.2 Å². The maximum atomic E-state index is 13.0. The molecule has 0 aliphatic heterocycles. The van der Waals surface area contributed by atoms with Crippen molar-refractivity contribution in [3.63, 3.8) is 0 Å². The monoisotopic (exact) mass is 337 g/mol. The Morgan fingerprint density at radius 3 is 2.54 bits per heavy atom. The van der Waals surface area contributed by atoms with Crippen LogP contribution in [0.5, 0.6) is 0 Å². The summed E-state index contributed by atoms with van der Waals surface area (Å²) in [5.41, 5.74) is -0.981. The van der Waals surface area contributed by atoms with Crippen molar-refractivity contribution in [2.24, 2.45) is 0 Å². The Labute approximate surface area is 134 Å². The SMILES string of the molecule is N#Cc1ccccc1NC(=O)NCc1ccc(F)cc1C(F)(F)F. The normalized spacial score (nSPS) is 10.8. The number of nitrogens with zero attached hydrogens (tertiary/aromatic N) is 1. The number of para-hydroxylation sites is 1. The van der Waals surface area contributed by atoms with Crippen LogP contribution in [0.1, 0.15) is 16.7 Å². The van der Waals surface area contributed by atoms with Gasteiger partial charge in [-0.05, 0) is 29.8 Å². The van der Waals surface area contributed by atoms with Gasteiger partial charge in [-0.15, -0.1) is 0 Å². The summed E-state index contributed by atoms with van der Waals surface area (Å²) < 4.78 is 51.6. The number of carbonyl (C=O) groups excluding carboxylic acids is 1. The number of anilines is 1. The van der Waals surface area contributed by atoms with Crippen LogP contribution < -0.4 is 10.6 Å². The average molecular weight is 337 g/mol. The number of carbonyl (C=O) groups is 1. The van der Waals surface area contributed by atoms with Gasteiger partial charge in [0.2, 0.25) is 0 Å². The second-order valence-corrected chi connectivity index (χ2v) is 4.76.